The Morgan fingerprint density at radius 1 is 0.359 bits per heavy atom. The Kier molecular flexibility index (Phi) is 65.4. The molecule has 0 fully saturated rings. The Labute approximate surface area is 486 Å². The third-order valence-electron chi connectivity index (χ3n) is 16.1. The summed E-state index contributed by atoms with van der Waals surface area (Å²) in [6.45, 7) is 4.89. The minimum absolute atomic E-state index is 0.000843. The zero-order valence-electron chi connectivity index (χ0n) is 52.4. The fourth-order valence-corrected chi connectivity index (χ4v) is 10.7. The lowest BCUT2D eigenvalue weighted by Crippen LogP contribution is -2.45. The van der Waals surface area contributed by atoms with Crippen LogP contribution in [0.25, 0.3) is 0 Å². The van der Waals surface area contributed by atoms with Crippen molar-refractivity contribution in [2.75, 3.05) is 13.2 Å². The predicted molar refractivity (Wildman–Crippen MR) is 342 cm³/mol. The van der Waals surface area contributed by atoms with E-state index in [0.29, 0.717) is 19.4 Å². The van der Waals surface area contributed by atoms with Crippen molar-refractivity contribution in [3.8, 4) is 0 Å². The molecule has 6 heteroatoms. The molecule has 0 spiro atoms. The van der Waals surface area contributed by atoms with Crippen LogP contribution >= 0.6 is 0 Å². The van der Waals surface area contributed by atoms with Crippen molar-refractivity contribution in [1.82, 2.24) is 5.32 Å². The second-order valence-corrected chi connectivity index (χ2v) is 23.9. The van der Waals surface area contributed by atoms with Crippen LogP contribution in [-0.2, 0) is 14.3 Å². The van der Waals surface area contributed by atoms with Crippen molar-refractivity contribution in [2.24, 2.45) is 0 Å². The molecule has 0 radical (unpaired) electrons. The lowest BCUT2D eigenvalue weighted by Gasteiger charge is -2.20. The highest BCUT2D eigenvalue weighted by molar-refractivity contribution is 5.76. The minimum Gasteiger partial charge on any atom is -0.466 e. The average Bonchev–Trinajstić information content (AvgIpc) is 3.44. The SMILES string of the molecule is CCCC/C=C\CCCCCCCC(=O)OCCCCCCCCCCC/C=C\C/C=C\CCCCCCCCCCCCCC(=O)NC(CO)C(O)/C=C/CCCCCCCCCCCCCCCCCCCCCCC. The Bertz CT molecular complexity index is 1310. The summed E-state index contributed by atoms with van der Waals surface area (Å²) in [7, 11) is 0. The van der Waals surface area contributed by atoms with Gasteiger partial charge in [0, 0.05) is 12.8 Å². The van der Waals surface area contributed by atoms with E-state index < -0.39 is 12.1 Å². The first-order valence-corrected chi connectivity index (χ1v) is 34.9. The van der Waals surface area contributed by atoms with Crippen molar-refractivity contribution in [2.45, 2.75) is 386 Å². The van der Waals surface area contributed by atoms with Crippen LogP contribution in [0.2, 0.25) is 0 Å². The van der Waals surface area contributed by atoms with Crippen LogP contribution in [0.5, 0.6) is 0 Å². The quantitative estimate of drug-likeness (QED) is 0.0320. The first-order chi connectivity index (χ1) is 38.5. The van der Waals surface area contributed by atoms with Crippen LogP contribution in [0.15, 0.2) is 48.6 Å². The minimum atomic E-state index is -0.849. The first-order valence-electron chi connectivity index (χ1n) is 34.9. The van der Waals surface area contributed by atoms with E-state index in [1.54, 1.807) is 6.08 Å². The number of hydrogen-bond acceptors (Lipinski definition) is 5. The number of aliphatic hydroxyl groups excluding tert-OH is 2. The molecule has 458 valence electrons. The summed E-state index contributed by atoms with van der Waals surface area (Å²) in [5.41, 5.74) is 0. The molecule has 6 nitrogen and oxygen atoms in total. The summed E-state index contributed by atoms with van der Waals surface area (Å²) in [4.78, 5) is 24.5. The fraction of sp³-hybridized carbons (Fsp3) is 0.861. The van der Waals surface area contributed by atoms with Gasteiger partial charge in [-0.25, -0.2) is 0 Å². The number of esters is 1. The van der Waals surface area contributed by atoms with Gasteiger partial charge < -0.3 is 20.3 Å². The zero-order chi connectivity index (χ0) is 56.4. The topological polar surface area (TPSA) is 95.9 Å². The lowest BCUT2D eigenvalue weighted by atomic mass is 10.0. The molecule has 0 aromatic heterocycles. The standard InChI is InChI=1S/C72H135NO5/c1-3-5-7-9-11-13-15-16-17-18-19-20-26-29-32-35-38-41-45-48-52-56-60-64-70(75)69(68-74)73-71(76)65-61-57-53-49-46-42-39-36-33-30-27-24-22-21-23-25-28-31-34-37-40-43-47-51-55-59-63-67-78-72(77)66-62-58-54-50-44-14-12-10-8-6-4-2/h10,12,21-22,25,28,60,64,69-70,74-75H,3-9,11,13-20,23-24,26-27,29-59,61-63,65-68H2,1-2H3,(H,73,76)/b12-10-,22-21-,28-25-,64-60+. The van der Waals surface area contributed by atoms with Gasteiger partial charge in [-0.1, -0.05) is 326 Å². The second kappa shape index (κ2) is 67.3. The van der Waals surface area contributed by atoms with E-state index in [1.165, 1.54) is 295 Å². The van der Waals surface area contributed by atoms with Crippen molar-refractivity contribution in [3.05, 3.63) is 48.6 Å². The Morgan fingerprint density at radius 3 is 1.03 bits per heavy atom. The Hall–Kier alpha value is -2.18. The van der Waals surface area contributed by atoms with Gasteiger partial charge in [-0.05, 0) is 83.5 Å². The molecule has 2 atom stereocenters. The molecule has 78 heavy (non-hydrogen) atoms. The van der Waals surface area contributed by atoms with Crippen LogP contribution in [0.4, 0.5) is 0 Å². The van der Waals surface area contributed by atoms with Gasteiger partial charge in [-0.15, -0.1) is 0 Å². The van der Waals surface area contributed by atoms with E-state index in [-0.39, 0.29) is 18.5 Å². The molecular weight excluding hydrogens is 959 g/mol. The van der Waals surface area contributed by atoms with E-state index in [1.807, 2.05) is 6.08 Å². The van der Waals surface area contributed by atoms with E-state index in [4.69, 9.17) is 4.74 Å². The molecule has 0 aromatic carbocycles. The number of ether oxygens (including phenoxy) is 1. The molecule has 0 rings (SSSR count). The lowest BCUT2D eigenvalue weighted by molar-refractivity contribution is -0.143. The third-order valence-corrected chi connectivity index (χ3v) is 16.1. The normalized spacial score (nSPS) is 12.8. The molecule has 0 saturated carbocycles. The number of carbonyl (C=O) groups excluding carboxylic acids is 2. The number of allylic oxidation sites excluding steroid dienone is 7. The van der Waals surface area contributed by atoms with Crippen LogP contribution < -0.4 is 5.32 Å². The van der Waals surface area contributed by atoms with Crippen LogP contribution in [0.3, 0.4) is 0 Å². The van der Waals surface area contributed by atoms with E-state index in [9.17, 15) is 19.8 Å². The highest BCUT2D eigenvalue weighted by Crippen LogP contribution is 2.18. The van der Waals surface area contributed by atoms with Crippen molar-refractivity contribution in [1.29, 1.82) is 0 Å². The van der Waals surface area contributed by atoms with Gasteiger partial charge in [0.05, 0.1) is 25.4 Å². The maximum Gasteiger partial charge on any atom is 0.305 e. The van der Waals surface area contributed by atoms with E-state index in [2.05, 4.69) is 55.6 Å². The first kappa shape index (κ1) is 75.8. The average molecular weight is 1090 g/mol. The smallest absolute Gasteiger partial charge is 0.305 e. The highest BCUT2D eigenvalue weighted by atomic mass is 16.5. The molecule has 1 amide bonds. The molecule has 0 aliphatic heterocycles. The predicted octanol–water partition coefficient (Wildman–Crippen LogP) is 22.5. The highest BCUT2D eigenvalue weighted by Gasteiger charge is 2.18. The molecule has 0 aliphatic carbocycles. The molecule has 3 N–H and O–H groups in total. The molecule has 0 aliphatic rings. The van der Waals surface area contributed by atoms with Gasteiger partial charge in [-0.3, -0.25) is 9.59 Å². The number of aliphatic hydroxyl groups is 2. The molecule has 0 heterocycles. The number of rotatable bonds is 65. The zero-order valence-corrected chi connectivity index (χ0v) is 52.4. The van der Waals surface area contributed by atoms with E-state index >= 15 is 0 Å². The maximum atomic E-state index is 12.5. The van der Waals surface area contributed by atoms with Crippen LogP contribution in [0.1, 0.15) is 373 Å². The monoisotopic (exact) mass is 1090 g/mol. The summed E-state index contributed by atoms with van der Waals surface area (Å²) in [5, 5.41) is 23.3. The van der Waals surface area contributed by atoms with Crippen molar-refractivity contribution in [3.63, 3.8) is 0 Å². The van der Waals surface area contributed by atoms with Gasteiger partial charge in [0.1, 0.15) is 0 Å². The van der Waals surface area contributed by atoms with Crippen LogP contribution in [-0.4, -0.2) is 47.4 Å². The number of carbonyl (C=O) groups is 2. The number of amides is 1. The summed E-state index contributed by atoms with van der Waals surface area (Å²) < 4.78 is 5.46. The molecule has 0 aromatic rings. The largest absolute Gasteiger partial charge is 0.466 e. The Morgan fingerprint density at radius 2 is 0.654 bits per heavy atom. The van der Waals surface area contributed by atoms with Gasteiger partial charge in [0.15, 0.2) is 0 Å². The van der Waals surface area contributed by atoms with Gasteiger partial charge in [-0.2, -0.15) is 0 Å². The fourth-order valence-electron chi connectivity index (χ4n) is 10.7. The second-order valence-electron chi connectivity index (χ2n) is 23.9. The number of unbranched alkanes of at least 4 members (excludes halogenated alkanes) is 48. The Balaban J connectivity index is 3.46. The van der Waals surface area contributed by atoms with Crippen LogP contribution in [0, 0.1) is 0 Å². The third kappa shape index (κ3) is 63.0. The summed E-state index contributed by atoms with van der Waals surface area (Å²) in [5.74, 6) is -0.0687. The van der Waals surface area contributed by atoms with Crippen molar-refractivity contribution >= 4 is 11.9 Å². The molecule has 0 saturated heterocycles. The van der Waals surface area contributed by atoms with Crippen molar-refractivity contribution < 1.29 is 24.5 Å². The summed E-state index contributed by atoms with van der Waals surface area (Å²) >= 11 is 0. The molecule has 2 unspecified atom stereocenters. The molecule has 0 bridgehead atoms. The maximum absolute atomic E-state index is 12.5. The van der Waals surface area contributed by atoms with Gasteiger partial charge >= 0.3 is 5.97 Å². The number of nitrogens with one attached hydrogen (secondary N) is 1. The molecular formula is C72H135NO5. The summed E-state index contributed by atoms with van der Waals surface area (Å²) in [6, 6.07) is -0.632. The number of hydrogen-bond donors (Lipinski definition) is 3. The van der Waals surface area contributed by atoms with Gasteiger partial charge in [0.2, 0.25) is 5.91 Å². The van der Waals surface area contributed by atoms with E-state index in [0.717, 1.165) is 51.4 Å². The summed E-state index contributed by atoms with van der Waals surface area (Å²) in [6.07, 6.45) is 87.6. The van der Waals surface area contributed by atoms with Gasteiger partial charge in [0.25, 0.3) is 0 Å².